The molecule has 0 fully saturated rings. The molecule has 0 aliphatic rings. The van der Waals surface area contributed by atoms with Crippen molar-refractivity contribution in [3.8, 4) is 5.75 Å². The Labute approximate surface area is 171 Å². The number of thiazole rings is 1. The number of hydrogen-bond acceptors (Lipinski definition) is 5. The Kier molecular flexibility index (Phi) is 6.77. The Morgan fingerprint density at radius 1 is 1.26 bits per heavy atom. The molecule has 1 heterocycles. The molecule has 0 saturated carbocycles. The first-order valence-electron chi connectivity index (χ1n) is 8.42. The van der Waals surface area contributed by atoms with Gasteiger partial charge in [-0.1, -0.05) is 11.6 Å². The number of aryl methyl sites for hydroxylation is 1. The molecule has 1 N–H and O–H groups in total. The molecule has 0 unspecified atom stereocenters. The second-order valence-electron chi connectivity index (χ2n) is 5.70. The molecule has 0 radical (unpaired) electrons. The van der Waals surface area contributed by atoms with Gasteiger partial charge in [0.05, 0.1) is 23.0 Å². The quantitative estimate of drug-likeness (QED) is 0.474. The number of aromatic nitrogens is 1. The third-order valence-corrected chi connectivity index (χ3v) is 5.76. The number of carbonyl (C=O) groups is 1. The zero-order valence-electron chi connectivity index (χ0n) is 15.0. The molecule has 7 heteroatoms. The highest BCUT2D eigenvalue weighted by Crippen LogP contribution is 2.29. The van der Waals surface area contributed by atoms with Crippen LogP contribution in [0, 0.1) is 6.92 Å². The molecule has 0 spiro atoms. The highest BCUT2D eigenvalue weighted by Gasteiger charge is 2.11. The standard InChI is InChI=1S/C20H19ClN2O2S2/c1-3-25-19-9-6-15(21)10-18(19)23-20(24)14-4-7-17(8-5-14)27-12-16-11-26-13(2)22-16/h4-11H,3,12H2,1-2H3,(H,23,24). The number of thioether (sulfide) groups is 1. The number of rotatable bonds is 7. The van der Waals surface area contributed by atoms with Crippen LogP contribution in [-0.2, 0) is 5.75 Å². The maximum absolute atomic E-state index is 12.6. The molecule has 4 nitrogen and oxygen atoms in total. The lowest BCUT2D eigenvalue weighted by Gasteiger charge is -2.12. The first kappa shape index (κ1) is 19.7. The van der Waals surface area contributed by atoms with Crippen molar-refractivity contribution in [3.63, 3.8) is 0 Å². The first-order valence-corrected chi connectivity index (χ1v) is 10.7. The molecule has 0 aliphatic heterocycles. The molecule has 0 aliphatic carbocycles. The summed E-state index contributed by atoms with van der Waals surface area (Å²) < 4.78 is 5.54. The van der Waals surface area contributed by atoms with Gasteiger partial charge in [-0.05, 0) is 56.3 Å². The van der Waals surface area contributed by atoms with E-state index in [9.17, 15) is 4.79 Å². The van der Waals surface area contributed by atoms with Gasteiger partial charge in [0.25, 0.3) is 5.91 Å². The van der Waals surface area contributed by atoms with Crippen LogP contribution in [-0.4, -0.2) is 17.5 Å². The van der Waals surface area contributed by atoms with Crippen LogP contribution in [0.3, 0.4) is 0 Å². The Morgan fingerprint density at radius 3 is 2.70 bits per heavy atom. The van der Waals surface area contributed by atoms with Crippen molar-refractivity contribution >= 4 is 46.3 Å². The number of ether oxygens (including phenoxy) is 1. The van der Waals surface area contributed by atoms with Gasteiger partial charge in [-0.15, -0.1) is 23.1 Å². The number of amides is 1. The lowest BCUT2D eigenvalue weighted by Crippen LogP contribution is -2.13. The van der Waals surface area contributed by atoms with Crippen LogP contribution in [0.1, 0.15) is 28.0 Å². The van der Waals surface area contributed by atoms with E-state index < -0.39 is 0 Å². The van der Waals surface area contributed by atoms with Gasteiger partial charge in [-0.2, -0.15) is 0 Å². The van der Waals surface area contributed by atoms with Crippen molar-refractivity contribution in [1.29, 1.82) is 0 Å². The molecule has 0 bridgehead atoms. The van der Waals surface area contributed by atoms with E-state index in [1.54, 1.807) is 41.3 Å². The Hall–Kier alpha value is -2.02. The fourth-order valence-corrected chi connectivity index (χ4v) is 4.09. The van der Waals surface area contributed by atoms with Crippen LogP contribution in [0.25, 0.3) is 0 Å². The third kappa shape index (κ3) is 5.48. The second kappa shape index (κ2) is 9.26. The van der Waals surface area contributed by atoms with Crippen molar-refractivity contribution in [1.82, 2.24) is 4.98 Å². The van der Waals surface area contributed by atoms with E-state index in [2.05, 4.69) is 15.7 Å². The summed E-state index contributed by atoms with van der Waals surface area (Å²) in [5.74, 6) is 1.21. The van der Waals surface area contributed by atoms with Crippen molar-refractivity contribution in [3.05, 3.63) is 69.1 Å². The number of hydrogen-bond donors (Lipinski definition) is 1. The normalized spacial score (nSPS) is 10.6. The zero-order chi connectivity index (χ0) is 19.2. The summed E-state index contributed by atoms with van der Waals surface area (Å²) in [4.78, 5) is 18.1. The molecule has 27 heavy (non-hydrogen) atoms. The number of halogens is 1. The van der Waals surface area contributed by atoms with E-state index in [4.69, 9.17) is 16.3 Å². The van der Waals surface area contributed by atoms with E-state index >= 15 is 0 Å². The Bertz CT molecular complexity index is 926. The van der Waals surface area contributed by atoms with Gasteiger partial charge in [0.1, 0.15) is 5.75 Å². The third-order valence-electron chi connectivity index (χ3n) is 3.66. The maximum Gasteiger partial charge on any atom is 0.255 e. The molecule has 3 aromatic rings. The summed E-state index contributed by atoms with van der Waals surface area (Å²) in [6.45, 7) is 4.40. The molecular weight excluding hydrogens is 400 g/mol. The summed E-state index contributed by atoms with van der Waals surface area (Å²) in [7, 11) is 0. The van der Waals surface area contributed by atoms with Gasteiger partial charge in [0, 0.05) is 26.6 Å². The number of benzene rings is 2. The van der Waals surface area contributed by atoms with Gasteiger partial charge in [-0.25, -0.2) is 4.98 Å². The van der Waals surface area contributed by atoms with Crippen LogP contribution >= 0.6 is 34.7 Å². The Morgan fingerprint density at radius 2 is 2.04 bits per heavy atom. The average molecular weight is 419 g/mol. The summed E-state index contributed by atoms with van der Waals surface area (Å²) in [6.07, 6.45) is 0. The van der Waals surface area contributed by atoms with Crippen molar-refractivity contribution in [2.45, 2.75) is 24.5 Å². The summed E-state index contributed by atoms with van der Waals surface area (Å²) in [5.41, 5.74) is 2.21. The number of carbonyl (C=O) groups excluding carboxylic acids is 1. The van der Waals surface area contributed by atoms with E-state index in [0.29, 0.717) is 28.6 Å². The summed E-state index contributed by atoms with van der Waals surface area (Å²) in [5, 5.41) is 6.56. The van der Waals surface area contributed by atoms with Crippen LogP contribution in [0.15, 0.2) is 52.7 Å². The predicted octanol–water partition coefficient (Wildman–Crippen LogP) is 6.05. The van der Waals surface area contributed by atoms with Gasteiger partial charge < -0.3 is 10.1 Å². The highest BCUT2D eigenvalue weighted by molar-refractivity contribution is 7.98. The first-order chi connectivity index (χ1) is 13.0. The molecule has 0 atom stereocenters. The van der Waals surface area contributed by atoms with E-state index in [1.165, 1.54) is 0 Å². The van der Waals surface area contributed by atoms with E-state index in [0.717, 1.165) is 21.3 Å². The lowest BCUT2D eigenvalue weighted by atomic mass is 10.2. The highest BCUT2D eigenvalue weighted by atomic mass is 35.5. The van der Waals surface area contributed by atoms with Crippen molar-refractivity contribution in [2.75, 3.05) is 11.9 Å². The summed E-state index contributed by atoms with van der Waals surface area (Å²) in [6, 6.07) is 12.7. The van der Waals surface area contributed by atoms with E-state index in [1.807, 2.05) is 38.1 Å². The molecule has 3 rings (SSSR count). The number of anilines is 1. The molecule has 2 aromatic carbocycles. The monoisotopic (exact) mass is 418 g/mol. The molecule has 140 valence electrons. The average Bonchev–Trinajstić information content (AvgIpc) is 3.08. The van der Waals surface area contributed by atoms with Crippen molar-refractivity contribution in [2.24, 2.45) is 0 Å². The minimum Gasteiger partial charge on any atom is -0.492 e. The SMILES string of the molecule is CCOc1ccc(Cl)cc1NC(=O)c1ccc(SCc2csc(C)n2)cc1. The molecule has 0 saturated heterocycles. The smallest absolute Gasteiger partial charge is 0.255 e. The Balaban J connectivity index is 1.64. The fourth-order valence-electron chi connectivity index (χ4n) is 2.41. The van der Waals surface area contributed by atoms with Gasteiger partial charge in [0.2, 0.25) is 0 Å². The van der Waals surface area contributed by atoms with Crippen LogP contribution < -0.4 is 10.1 Å². The minimum absolute atomic E-state index is 0.204. The molecule has 1 aromatic heterocycles. The zero-order valence-corrected chi connectivity index (χ0v) is 17.4. The maximum atomic E-state index is 12.6. The fraction of sp³-hybridized carbons (Fsp3) is 0.200. The number of nitrogens with zero attached hydrogens (tertiary/aromatic N) is 1. The van der Waals surface area contributed by atoms with Crippen LogP contribution in [0.2, 0.25) is 5.02 Å². The van der Waals surface area contributed by atoms with Crippen molar-refractivity contribution < 1.29 is 9.53 Å². The number of nitrogens with one attached hydrogen (secondary N) is 1. The predicted molar refractivity (Wildman–Crippen MR) is 113 cm³/mol. The molecule has 1 amide bonds. The molecular formula is C20H19ClN2O2S2. The topological polar surface area (TPSA) is 51.2 Å². The van der Waals surface area contributed by atoms with Gasteiger partial charge in [-0.3, -0.25) is 4.79 Å². The van der Waals surface area contributed by atoms with Gasteiger partial charge in [0.15, 0.2) is 0 Å². The van der Waals surface area contributed by atoms with Crippen LogP contribution in [0.5, 0.6) is 5.75 Å². The largest absolute Gasteiger partial charge is 0.492 e. The second-order valence-corrected chi connectivity index (χ2v) is 8.25. The van der Waals surface area contributed by atoms with E-state index in [-0.39, 0.29) is 5.91 Å². The minimum atomic E-state index is -0.204. The van der Waals surface area contributed by atoms with Crippen LogP contribution in [0.4, 0.5) is 5.69 Å². The summed E-state index contributed by atoms with van der Waals surface area (Å²) >= 11 is 9.39. The van der Waals surface area contributed by atoms with Gasteiger partial charge >= 0.3 is 0 Å². The lowest BCUT2D eigenvalue weighted by molar-refractivity contribution is 0.102.